The minimum Gasteiger partial charge on any atom is -0.390 e. The second-order valence-corrected chi connectivity index (χ2v) is 5.50. The Morgan fingerprint density at radius 1 is 1.43 bits per heavy atom. The van der Waals surface area contributed by atoms with E-state index in [9.17, 15) is 14.7 Å². The molecule has 7 nitrogen and oxygen atoms in total. The zero-order chi connectivity index (χ0) is 24.7. The van der Waals surface area contributed by atoms with Crippen LogP contribution >= 0.6 is 0 Å². The summed E-state index contributed by atoms with van der Waals surface area (Å²) in [5.74, 6) is 0. The molecule has 0 amide bonds. The van der Waals surface area contributed by atoms with E-state index in [-0.39, 0.29) is 30.6 Å². The lowest BCUT2D eigenvalue weighted by Crippen LogP contribution is -2.39. The van der Waals surface area contributed by atoms with Gasteiger partial charge in [-0.05, 0) is 39.4 Å². The Hall–Kier alpha value is -1.89. The number of aryl methyl sites for hydroxylation is 2. The molecule has 0 aliphatic carbocycles. The van der Waals surface area contributed by atoms with Gasteiger partial charge in [-0.25, -0.2) is 9.78 Å². The van der Waals surface area contributed by atoms with Gasteiger partial charge in [0.05, 0.1) is 11.9 Å². The fraction of sp³-hybridized carbons (Fsp3) is 0.688. The first-order valence-corrected chi connectivity index (χ1v) is 7.41. The molecule has 0 aromatic carbocycles. The molecular formula is C16H26N4O3. The lowest BCUT2D eigenvalue weighted by Gasteiger charge is -2.16. The fourth-order valence-electron chi connectivity index (χ4n) is 2.44. The van der Waals surface area contributed by atoms with Crippen molar-refractivity contribution in [3.63, 3.8) is 0 Å². The van der Waals surface area contributed by atoms with Crippen LogP contribution in [0, 0.1) is 0 Å². The van der Waals surface area contributed by atoms with Crippen molar-refractivity contribution in [2.24, 2.45) is 6.98 Å². The number of nitrogens with zero attached hydrogens (tertiary/aromatic N) is 4. The molecule has 0 saturated heterocycles. The third kappa shape index (κ3) is 3.72. The maximum absolute atomic E-state index is 13.0. The smallest absolute Gasteiger partial charge is 0.332 e. The van der Waals surface area contributed by atoms with E-state index in [0.717, 1.165) is 0 Å². The highest BCUT2D eigenvalue weighted by Crippen LogP contribution is 2.12. The molecule has 2 aromatic rings. The van der Waals surface area contributed by atoms with Gasteiger partial charge < -0.3 is 9.67 Å². The van der Waals surface area contributed by atoms with Crippen molar-refractivity contribution in [1.29, 1.82) is 0 Å². The number of imidazole rings is 1. The van der Waals surface area contributed by atoms with Crippen LogP contribution in [0.15, 0.2) is 15.9 Å². The normalized spacial score (nSPS) is 21.7. The number of aliphatic hydroxyl groups is 1. The van der Waals surface area contributed by atoms with E-state index < -0.39 is 44.0 Å². The summed E-state index contributed by atoms with van der Waals surface area (Å²) in [6.07, 6.45) is 1.10. The average Bonchev–Trinajstić information content (AvgIpc) is 3.01. The van der Waals surface area contributed by atoms with Crippen molar-refractivity contribution in [3.8, 4) is 0 Å². The Kier molecular flexibility index (Phi) is 2.57. The number of hydrogen-bond donors (Lipinski definition) is 1. The van der Waals surface area contributed by atoms with Crippen molar-refractivity contribution >= 4 is 11.2 Å². The molecule has 0 aliphatic rings. The van der Waals surface area contributed by atoms with Crippen LogP contribution in [0.5, 0.6) is 0 Å². The summed E-state index contributed by atoms with van der Waals surface area (Å²) in [6.45, 7) is -7.32. The molecule has 0 aliphatic heterocycles. The van der Waals surface area contributed by atoms with Crippen molar-refractivity contribution < 1.29 is 17.4 Å². The first-order valence-electron chi connectivity index (χ1n) is 11.9. The SMILES string of the molecule is [2H]C([2H])([2H])n1c(=O)n(CCCCC(O)(C([2H])([2H])[2H])C([3H])([3H])[3H])c(=O)c2c1ncn2CCC. The highest BCUT2D eigenvalue weighted by Gasteiger charge is 2.16. The number of hydrogen-bond acceptors (Lipinski definition) is 4. The predicted molar refractivity (Wildman–Crippen MR) is 89.7 cm³/mol. The van der Waals surface area contributed by atoms with E-state index in [2.05, 4.69) is 4.98 Å². The summed E-state index contributed by atoms with van der Waals surface area (Å²) in [4.78, 5) is 29.7. The molecule has 23 heavy (non-hydrogen) atoms. The molecule has 0 radical (unpaired) electrons. The third-order valence-corrected chi connectivity index (χ3v) is 3.53. The van der Waals surface area contributed by atoms with E-state index in [4.69, 9.17) is 12.3 Å². The van der Waals surface area contributed by atoms with Gasteiger partial charge in [0.2, 0.25) is 0 Å². The van der Waals surface area contributed by atoms with Crippen LogP contribution in [-0.4, -0.2) is 29.4 Å². The molecule has 1 atom stereocenters. The number of fused-ring (bicyclic) bond motifs is 1. The molecule has 7 heteroatoms. The summed E-state index contributed by atoms with van der Waals surface area (Å²) in [6, 6.07) is 0. The molecule has 2 heterocycles. The van der Waals surface area contributed by atoms with Gasteiger partial charge in [0, 0.05) is 32.4 Å². The van der Waals surface area contributed by atoms with Crippen LogP contribution in [0.3, 0.4) is 0 Å². The minimum absolute atomic E-state index is 0.0436. The van der Waals surface area contributed by atoms with Crippen LogP contribution in [0.4, 0.5) is 0 Å². The highest BCUT2D eigenvalue weighted by molar-refractivity contribution is 5.69. The summed E-state index contributed by atoms with van der Waals surface area (Å²) < 4.78 is 70.0. The Balaban J connectivity index is 2.43. The molecule has 2 rings (SSSR count). The van der Waals surface area contributed by atoms with Gasteiger partial charge in [-0.2, -0.15) is 0 Å². The van der Waals surface area contributed by atoms with E-state index in [0.29, 0.717) is 22.1 Å². The number of aromatic nitrogens is 4. The van der Waals surface area contributed by atoms with E-state index in [1.807, 2.05) is 6.92 Å². The average molecular weight is 334 g/mol. The Labute approximate surface area is 147 Å². The van der Waals surface area contributed by atoms with Gasteiger partial charge in [-0.15, -0.1) is 0 Å². The largest absolute Gasteiger partial charge is 0.390 e. The zero-order valence-electron chi connectivity index (χ0n) is 21.9. The summed E-state index contributed by atoms with van der Waals surface area (Å²) in [5.41, 5.74) is -5.12. The molecule has 0 bridgehead atoms. The van der Waals surface area contributed by atoms with Gasteiger partial charge in [-0.1, -0.05) is 6.92 Å². The van der Waals surface area contributed by atoms with Gasteiger partial charge in [0.25, 0.3) is 5.56 Å². The van der Waals surface area contributed by atoms with Crippen LogP contribution < -0.4 is 11.2 Å². The van der Waals surface area contributed by atoms with Gasteiger partial charge in [-0.3, -0.25) is 13.9 Å². The number of rotatable bonds is 7. The summed E-state index contributed by atoms with van der Waals surface area (Å²) in [7, 11) is 0. The van der Waals surface area contributed by atoms with Crippen LogP contribution in [0.25, 0.3) is 11.2 Å². The molecule has 2 aromatic heterocycles. The quantitative estimate of drug-likeness (QED) is 0.773. The standard InChI is InChI=1S/C16H26N4O3/c1-5-9-19-11-17-13-12(19)14(21)20(15(22)18(13)4)10-7-6-8-16(2,3)23/h11,23H,5-10H2,1-4H3/i2D3,3T3,4D3. The Morgan fingerprint density at radius 3 is 2.91 bits per heavy atom. The monoisotopic (exact) mass is 334 g/mol. The van der Waals surface area contributed by atoms with Crippen LogP contribution in [0.1, 0.15) is 58.6 Å². The second-order valence-electron chi connectivity index (χ2n) is 5.50. The summed E-state index contributed by atoms with van der Waals surface area (Å²) >= 11 is 0. The van der Waals surface area contributed by atoms with Gasteiger partial charge >= 0.3 is 5.69 Å². The fourth-order valence-corrected chi connectivity index (χ4v) is 2.44. The van der Waals surface area contributed by atoms with E-state index in [1.54, 1.807) is 0 Å². The van der Waals surface area contributed by atoms with Crippen molar-refractivity contribution in [2.45, 2.75) is 65.0 Å². The van der Waals surface area contributed by atoms with E-state index >= 15 is 0 Å². The lowest BCUT2D eigenvalue weighted by atomic mass is 10.0. The molecule has 1 N–H and O–H groups in total. The molecule has 0 saturated carbocycles. The number of unbranched alkanes of at least 4 members (excludes halogenated alkanes) is 1. The molecule has 1 unspecified atom stereocenters. The molecular weight excluding hydrogens is 296 g/mol. The Bertz CT molecular complexity index is 1060. The second kappa shape index (κ2) is 6.70. The van der Waals surface area contributed by atoms with E-state index in [1.165, 1.54) is 10.9 Å². The predicted octanol–water partition coefficient (Wildman–Crippen LogP) is 1.25. The highest BCUT2D eigenvalue weighted by atomic mass is 16.3. The summed E-state index contributed by atoms with van der Waals surface area (Å²) in [5, 5.41) is 10.3. The maximum Gasteiger partial charge on any atom is 0.332 e. The minimum atomic E-state index is -3.17. The van der Waals surface area contributed by atoms with Gasteiger partial charge in [0.15, 0.2) is 11.2 Å². The maximum atomic E-state index is 13.0. The molecule has 0 spiro atoms. The molecule has 128 valence electrons. The van der Waals surface area contributed by atoms with Crippen LogP contribution in [0.2, 0.25) is 0 Å². The topological polar surface area (TPSA) is 82.0 Å². The van der Waals surface area contributed by atoms with Gasteiger partial charge in [0.1, 0.15) is 0 Å². The third-order valence-electron chi connectivity index (χ3n) is 3.53. The zero-order valence-corrected chi connectivity index (χ0v) is 12.9. The lowest BCUT2D eigenvalue weighted by molar-refractivity contribution is 0.0678. The molecule has 0 fully saturated rings. The van der Waals surface area contributed by atoms with Crippen molar-refractivity contribution in [2.75, 3.05) is 0 Å². The van der Waals surface area contributed by atoms with Crippen molar-refractivity contribution in [1.82, 2.24) is 18.7 Å². The first kappa shape index (κ1) is 8.82. The Morgan fingerprint density at radius 2 is 2.26 bits per heavy atom. The van der Waals surface area contributed by atoms with Crippen LogP contribution in [-0.2, 0) is 20.1 Å². The first-order chi connectivity index (χ1) is 14.5. The van der Waals surface area contributed by atoms with Crippen molar-refractivity contribution in [3.05, 3.63) is 27.2 Å².